The molecule has 1 saturated heterocycles. The maximum Gasteiger partial charge on any atom is 0.272 e. The van der Waals surface area contributed by atoms with Crippen LogP contribution in [-0.4, -0.2) is 55.0 Å². The number of hydrogen-bond acceptors (Lipinski definition) is 7. The van der Waals surface area contributed by atoms with E-state index in [-0.39, 0.29) is 20.1 Å². The van der Waals surface area contributed by atoms with Crippen molar-refractivity contribution in [3.05, 3.63) is 64.1 Å². The van der Waals surface area contributed by atoms with Crippen LogP contribution in [0.25, 0.3) is 0 Å². The van der Waals surface area contributed by atoms with Crippen LogP contribution in [0.1, 0.15) is 10.4 Å². The minimum absolute atomic E-state index is 0.0843. The van der Waals surface area contributed by atoms with Crippen molar-refractivity contribution >= 4 is 61.3 Å². The maximum absolute atomic E-state index is 13.0. The fourth-order valence-electron chi connectivity index (χ4n) is 3.14. The van der Waals surface area contributed by atoms with Crippen molar-refractivity contribution in [3.8, 4) is 0 Å². The van der Waals surface area contributed by atoms with Crippen molar-refractivity contribution in [3.63, 3.8) is 0 Å². The molecule has 0 unspecified atom stereocenters. The number of aromatic nitrogens is 2. The first-order chi connectivity index (χ1) is 14.8. The number of sulfonamides is 1. The average Bonchev–Trinajstić information content (AvgIpc) is 3.23. The minimum atomic E-state index is -3.82. The van der Waals surface area contributed by atoms with Crippen LogP contribution in [0.4, 0.5) is 10.8 Å². The van der Waals surface area contributed by atoms with Gasteiger partial charge in [0.05, 0.1) is 10.6 Å². The molecule has 3 aromatic rings. The van der Waals surface area contributed by atoms with Crippen molar-refractivity contribution in [2.75, 3.05) is 36.4 Å². The number of amides is 1. The zero-order chi connectivity index (χ0) is 22.0. The summed E-state index contributed by atoms with van der Waals surface area (Å²) in [6, 6.07) is 14.0. The van der Waals surface area contributed by atoms with Crippen LogP contribution < -0.4 is 10.2 Å². The van der Waals surface area contributed by atoms with Gasteiger partial charge in [-0.1, -0.05) is 52.7 Å². The number of carbonyl (C=O) groups is 1. The van der Waals surface area contributed by atoms with Crippen molar-refractivity contribution in [2.24, 2.45) is 0 Å². The molecule has 31 heavy (non-hydrogen) atoms. The van der Waals surface area contributed by atoms with Crippen molar-refractivity contribution in [2.45, 2.75) is 4.34 Å². The Balaban J connectivity index is 1.42. The molecule has 0 atom stereocenters. The Hall–Kier alpha value is -2.24. The lowest BCUT2D eigenvalue weighted by atomic mass is 10.2. The van der Waals surface area contributed by atoms with Crippen LogP contribution in [0.2, 0.25) is 10.0 Å². The monoisotopic (exact) mass is 497 g/mol. The number of nitrogens with one attached hydrogen (secondary N) is 1. The molecule has 162 valence electrons. The van der Waals surface area contributed by atoms with Crippen LogP contribution in [0, 0.1) is 0 Å². The fourth-order valence-corrected chi connectivity index (χ4v) is 6.01. The summed E-state index contributed by atoms with van der Waals surface area (Å²) in [6.07, 6.45) is 0. The highest BCUT2D eigenvalue weighted by molar-refractivity contribution is 7.91. The second kappa shape index (κ2) is 9.09. The molecule has 1 fully saturated rings. The topological polar surface area (TPSA) is 95.5 Å². The zero-order valence-electron chi connectivity index (χ0n) is 16.0. The lowest BCUT2D eigenvalue weighted by Gasteiger charge is -2.34. The van der Waals surface area contributed by atoms with Gasteiger partial charge in [-0.2, -0.15) is 4.31 Å². The van der Waals surface area contributed by atoms with Gasteiger partial charge in [-0.05, 0) is 30.3 Å². The first kappa shape index (κ1) is 22.0. The molecule has 0 radical (unpaired) electrons. The Morgan fingerprint density at radius 3 is 2.45 bits per heavy atom. The SMILES string of the molecule is O=C(Nc1nnc(S(=O)(=O)N2CCN(c3cccc(Cl)c3)CC2)s1)c1ccccc1Cl. The quantitative estimate of drug-likeness (QED) is 0.540. The second-order valence-corrected chi connectivity index (χ2v) is 10.6. The Morgan fingerprint density at radius 1 is 1.00 bits per heavy atom. The molecule has 0 spiro atoms. The fraction of sp³-hybridized carbons (Fsp3) is 0.211. The van der Waals surface area contributed by atoms with E-state index >= 15 is 0 Å². The van der Waals surface area contributed by atoms with Crippen LogP contribution >= 0.6 is 34.5 Å². The van der Waals surface area contributed by atoms with Gasteiger partial charge in [0.1, 0.15) is 0 Å². The third-order valence-electron chi connectivity index (χ3n) is 4.72. The summed E-state index contributed by atoms with van der Waals surface area (Å²) in [5, 5.41) is 11.1. The molecule has 0 bridgehead atoms. The van der Waals surface area contributed by atoms with E-state index in [2.05, 4.69) is 20.4 Å². The zero-order valence-corrected chi connectivity index (χ0v) is 19.2. The third-order valence-corrected chi connectivity index (χ3v) is 8.37. The van der Waals surface area contributed by atoms with Gasteiger partial charge < -0.3 is 4.90 Å². The standard InChI is InChI=1S/C19H17Cl2N5O3S2/c20-13-4-3-5-14(12-13)25-8-10-26(11-9-25)31(28,29)19-24-23-18(30-19)22-17(27)15-6-1-2-7-16(15)21/h1-7,12H,8-11H2,(H,22,23,27). The average molecular weight is 498 g/mol. The van der Waals surface area contributed by atoms with E-state index in [0.717, 1.165) is 17.0 Å². The van der Waals surface area contributed by atoms with E-state index in [0.29, 0.717) is 31.2 Å². The number of benzene rings is 2. The molecule has 1 aliphatic heterocycles. The largest absolute Gasteiger partial charge is 0.369 e. The minimum Gasteiger partial charge on any atom is -0.369 e. The molecule has 2 aromatic carbocycles. The molecule has 8 nitrogen and oxygen atoms in total. The van der Waals surface area contributed by atoms with Gasteiger partial charge in [0.25, 0.3) is 15.9 Å². The summed E-state index contributed by atoms with van der Waals surface area (Å²) >= 11 is 12.9. The van der Waals surface area contributed by atoms with Gasteiger partial charge in [0.2, 0.25) is 9.47 Å². The molecule has 1 amide bonds. The van der Waals surface area contributed by atoms with Crippen molar-refractivity contribution in [1.82, 2.24) is 14.5 Å². The lowest BCUT2D eigenvalue weighted by molar-refractivity contribution is 0.102. The number of carbonyl (C=O) groups excluding carboxylic acids is 1. The Labute approximate surface area is 193 Å². The summed E-state index contributed by atoms with van der Waals surface area (Å²) in [5.74, 6) is -0.485. The van der Waals surface area contributed by atoms with Gasteiger partial charge in [0.15, 0.2) is 0 Å². The van der Waals surface area contributed by atoms with E-state index in [1.54, 1.807) is 30.3 Å². The molecule has 4 rings (SSSR count). The number of piperazine rings is 1. The summed E-state index contributed by atoms with van der Waals surface area (Å²) in [5.41, 5.74) is 1.21. The third kappa shape index (κ3) is 4.83. The van der Waals surface area contributed by atoms with Crippen LogP contribution in [0.15, 0.2) is 52.9 Å². The maximum atomic E-state index is 13.0. The predicted octanol–water partition coefficient (Wildman–Crippen LogP) is 3.61. The highest BCUT2D eigenvalue weighted by Gasteiger charge is 2.32. The molecule has 12 heteroatoms. The smallest absolute Gasteiger partial charge is 0.272 e. The van der Waals surface area contributed by atoms with E-state index < -0.39 is 15.9 Å². The summed E-state index contributed by atoms with van der Waals surface area (Å²) in [6.45, 7) is 1.65. The Kier molecular flexibility index (Phi) is 6.44. The van der Waals surface area contributed by atoms with Crippen LogP contribution in [0.3, 0.4) is 0 Å². The summed E-state index contributed by atoms with van der Waals surface area (Å²) in [7, 11) is -3.82. The number of halogens is 2. The summed E-state index contributed by atoms with van der Waals surface area (Å²) in [4.78, 5) is 14.4. The highest BCUT2D eigenvalue weighted by atomic mass is 35.5. The molecule has 1 aromatic heterocycles. The normalized spacial score (nSPS) is 15.1. The number of rotatable bonds is 5. The van der Waals surface area contributed by atoms with Crippen LogP contribution in [0.5, 0.6) is 0 Å². The van der Waals surface area contributed by atoms with E-state index in [1.165, 1.54) is 4.31 Å². The number of anilines is 2. The van der Waals surface area contributed by atoms with Crippen LogP contribution in [-0.2, 0) is 10.0 Å². The first-order valence-corrected chi connectivity index (χ1v) is 12.3. The molecule has 0 aliphatic carbocycles. The molecule has 1 N–H and O–H groups in total. The van der Waals surface area contributed by atoms with Gasteiger partial charge in [0, 0.05) is 36.9 Å². The molecular weight excluding hydrogens is 481 g/mol. The van der Waals surface area contributed by atoms with E-state index in [1.807, 2.05) is 18.2 Å². The highest BCUT2D eigenvalue weighted by Crippen LogP contribution is 2.27. The first-order valence-electron chi connectivity index (χ1n) is 9.24. The lowest BCUT2D eigenvalue weighted by Crippen LogP contribution is -2.48. The molecule has 1 aliphatic rings. The van der Waals surface area contributed by atoms with Gasteiger partial charge in [-0.25, -0.2) is 8.42 Å². The second-order valence-electron chi connectivity index (χ2n) is 6.68. The number of hydrogen-bond donors (Lipinski definition) is 1. The van der Waals surface area contributed by atoms with Gasteiger partial charge in [-0.3, -0.25) is 10.1 Å². The molecule has 0 saturated carbocycles. The Bertz CT molecular complexity index is 1210. The van der Waals surface area contributed by atoms with Gasteiger partial charge >= 0.3 is 0 Å². The molecular formula is C19H17Cl2N5O3S2. The summed E-state index contributed by atoms with van der Waals surface area (Å²) < 4.78 is 27.1. The van der Waals surface area contributed by atoms with Crippen molar-refractivity contribution < 1.29 is 13.2 Å². The van der Waals surface area contributed by atoms with E-state index in [4.69, 9.17) is 23.2 Å². The molecule has 2 heterocycles. The van der Waals surface area contributed by atoms with Gasteiger partial charge in [-0.15, -0.1) is 10.2 Å². The predicted molar refractivity (Wildman–Crippen MR) is 122 cm³/mol. The Morgan fingerprint density at radius 2 is 1.74 bits per heavy atom. The van der Waals surface area contributed by atoms with E-state index in [9.17, 15) is 13.2 Å². The van der Waals surface area contributed by atoms with Crippen molar-refractivity contribution in [1.29, 1.82) is 0 Å². The number of nitrogens with zero attached hydrogens (tertiary/aromatic N) is 4.